The molecule has 17 heavy (non-hydrogen) atoms. The van der Waals surface area contributed by atoms with Gasteiger partial charge in [0.05, 0.1) is 17.4 Å². The summed E-state index contributed by atoms with van der Waals surface area (Å²) in [5, 5.41) is 4.21. The van der Waals surface area contributed by atoms with Crippen molar-refractivity contribution in [3.05, 3.63) is 66.2 Å². The maximum absolute atomic E-state index is 4.21. The summed E-state index contributed by atoms with van der Waals surface area (Å²) in [7, 11) is 0. The van der Waals surface area contributed by atoms with Gasteiger partial charge >= 0.3 is 0 Å². The van der Waals surface area contributed by atoms with Crippen molar-refractivity contribution >= 4 is 17.7 Å². The summed E-state index contributed by atoms with van der Waals surface area (Å²) < 4.78 is 1.87. The number of hydrogen-bond donors (Lipinski definition) is 0. The van der Waals surface area contributed by atoms with E-state index in [1.807, 2.05) is 34.8 Å². The van der Waals surface area contributed by atoms with Gasteiger partial charge < -0.3 is 0 Å². The quantitative estimate of drug-likeness (QED) is 0.666. The second-order valence-corrected chi connectivity index (χ2v) is 3.75. The van der Waals surface area contributed by atoms with E-state index in [1.54, 1.807) is 12.5 Å². The Kier molecular flexibility index (Phi) is 2.43. The predicted octanol–water partition coefficient (Wildman–Crippen LogP) is 2.90. The zero-order valence-corrected chi connectivity index (χ0v) is 9.19. The van der Waals surface area contributed by atoms with Crippen LogP contribution in [0.4, 0.5) is 0 Å². The normalized spacial score (nSPS) is 11.3. The lowest BCUT2D eigenvalue weighted by atomic mass is 10.2. The Balaban J connectivity index is 1.98. The van der Waals surface area contributed by atoms with Gasteiger partial charge in [-0.15, -0.1) is 0 Å². The van der Waals surface area contributed by atoms with Crippen LogP contribution in [0.3, 0.4) is 0 Å². The summed E-state index contributed by atoms with van der Waals surface area (Å²) in [5.41, 5.74) is 3.22. The molecule has 82 valence electrons. The number of fused-ring (bicyclic) bond motifs is 1. The van der Waals surface area contributed by atoms with Crippen molar-refractivity contribution in [3.63, 3.8) is 0 Å². The highest BCUT2D eigenvalue weighted by Crippen LogP contribution is 2.11. The summed E-state index contributed by atoms with van der Waals surface area (Å²) in [6, 6.07) is 14.2. The molecule has 0 aliphatic rings. The third-order valence-corrected chi connectivity index (χ3v) is 2.60. The van der Waals surface area contributed by atoms with Crippen LogP contribution in [-0.2, 0) is 0 Å². The Morgan fingerprint density at radius 1 is 0.941 bits per heavy atom. The molecule has 3 nitrogen and oxygen atoms in total. The maximum Gasteiger partial charge on any atom is 0.136 e. The van der Waals surface area contributed by atoms with Crippen molar-refractivity contribution in [1.29, 1.82) is 0 Å². The number of hydrogen-bond acceptors (Lipinski definition) is 2. The van der Waals surface area contributed by atoms with Gasteiger partial charge in [0.2, 0.25) is 0 Å². The van der Waals surface area contributed by atoms with Gasteiger partial charge in [-0.25, -0.2) is 9.50 Å². The lowest BCUT2D eigenvalue weighted by molar-refractivity contribution is 0.895. The van der Waals surface area contributed by atoms with Gasteiger partial charge in [-0.2, -0.15) is 5.10 Å². The van der Waals surface area contributed by atoms with Crippen LogP contribution in [0, 0.1) is 0 Å². The molecule has 2 heterocycles. The summed E-state index contributed by atoms with van der Waals surface area (Å²) >= 11 is 0. The molecule has 0 aliphatic carbocycles. The second kappa shape index (κ2) is 4.22. The molecule has 0 bridgehead atoms. The summed E-state index contributed by atoms with van der Waals surface area (Å²) in [6.45, 7) is 0. The van der Waals surface area contributed by atoms with Gasteiger partial charge in [0.1, 0.15) is 6.33 Å². The Morgan fingerprint density at radius 2 is 1.82 bits per heavy atom. The van der Waals surface area contributed by atoms with Crippen LogP contribution in [0.15, 0.2) is 55.0 Å². The number of aromatic nitrogens is 3. The third-order valence-electron chi connectivity index (χ3n) is 2.60. The molecule has 0 radical (unpaired) electrons. The van der Waals surface area contributed by atoms with Crippen LogP contribution < -0.4 is 0 Å². The van der Waals surface area contributed by atoms with Crippen LogP contribution in [0.1, 0.15) is 11.3 Å². The van der Waals surface area contributed by atoms with Crippen molar-refractivity contribution in [2.24, 2.45) is 0 Å². The number of nitrogens with zero attached hydrogens (tertiary/aromatic N) is 3. The first-order valence-corrected chi connectivity index (χ1v) is 5.44. The number of benzene rings is 1. The summed E-state index contributed by atoms with van der Waals surface area (Å²) in [6.07, 6.45) is 7.47. The highest BCUT2D eigenvalue weighted by atomic mass is 15.2. The average molecular weight is 221 g/mol. The fraction of sp³-hybridized carbons (Fsp3) is 0. The Hall–Kier alpha value is -2.42. The van der Waals surface area contributed by atoms with Gasteiger partial charge in [-0.05, 0) is 23.8 Å². The van der Waals surface area contributed by atoms with E-state index in [9.17, 15) is 0 Å². The highest BCUT2D eigenvalue weighted by molar-refractivity contribution is 5.70. The molecule has 3 heteroatoms. The minimum Gasteiger partial charge on any atom is -0.241 e. The molecular weight excluding hydrogens is 210 g/mol. The van der Waals surface area contributed by atoms with Crippen LogP contribution in [0.25, 0.3) is 17.7 Å². The second-order valence-electron chi connectivity index (χ2n) is 3.75. The molecule has 3 aromatic rings. The molecule has 0 fully saturated rings. The maximum atomic E-state index is 4.21. The third kappa shape index (κ3) is 1.95. The first kappa shape index (κ1) is 9.78. The average Bonchev–Trinajstić information content (AvgIpc) is 2.81. The Bertz CT molecular complexity index is 653. The summed E-state index contributed by atoms with van der Waals surface area (Å²) in [5.74, 6) is 0. The van der Waals surface area contributed by atoms with Gasteiger partial charge in [0, 0.05) is 0 Å². The van der Waals surface area contributed by atoms with E-state index in [1.165, 1.54) is 5.56 Å². The zero-order chi connectivity index (χ0) is 11.5. The fourth-order valence-electron chi connectivity index (χ4n) is 1.76. The highest BCUT2D eigenvalue weighted by Gasteiger charge is 1.97. The monoisotopic (exact) mass is 221 g/mol. The molecule has 0 aliphatic heterocycles. The lowest BCUT2D eigenvalue weighted by Gasteiger charge is -1.95. The van der Waals surface area contributed by atoms with Gasteiger partial charge in [-0.1, -0.05) is 36.4 Å². The van der Waals surface area contributed by atoms with E-state index in [0.29, 0.717) is 0 Å². The first-order chi connectivity index (χ1) is 8.43. The van der Waals surface area contributed by atoms with Gasteiger partial charge in [0.25, 0.3) is 0 Å². The van der Waals surface area contributed by atoms with Crippen molar-refractivity contribution in [3.8, 4) is 0 Å². The predicted molar refractivity (Wildman–Crippen MR) is 68.4 cm³/mol. The Morgan fingerprint density at radius 3 is 2.71 bits per heavy atom. The van der Waals surface area contributed by atoms with E-state index in [4.69, 9.17) is 0 Å². The largest absolute Gasteiger partial charge is 0.241 e. The van der Waals surface area contributed by atoms with Crippen LogP contribution in [0.2, 0.25) is 0 Å². The van der Waals surface area contributed by atoms with Crippen molar-refractivity contribution in [1.82, 2.24) is 14.6 Å². The molecule has 0 N–H and O–H groups in total. The Labute approximate surface area is 99.1 Å². The van der Waals surface area contributed by atoms with Crippen LogP contribution in [-0.4, -0.2) is 14.6 Å². The van der Waals surface area contributed by atoms with E-state index in [2.05, 4.69) is 34.4 Å². The molecule has 0 unspecified atom stereocenters. The van der Waals surface area contributed by atoms with Gasteiger partial charge in [0.15, 0.2) is 0 Å². The SMILES string of the molecule is C(=Cc1ccc2cncnn12)c1ccccc1. The van der Waals surface area contributed by atoms with E-state index in [-0.39, 0.29) is 0 Å². The zero-order valence-electron chi connectivity index (χ0n) is 9.19. The van der Waals surface area contributed by atoms with Gasteiger partial charge in [-0.3, -0.25) is 0 Å². The summed E-state index contributed by atoms with van der Waals surface area (Å²) in [4.78, 5) is 3.99. The topological polar surface area (TPSA) is 30.2 Å². The molecule has 3 rings (SSSR count). The fourth-order valence-corrected chi connectivity index (χ4v) is 1.76. The van der Waals surface area contributed by atoms with Crippen molar-refractivity contribution in [2.75, 3.05) is 0 Å². The number of rotatable bonds is 2. The molecular formula is C14H11N3. The molecule has 2 aromatic heterocycles. The smallest absolute Gasteiger partial charge is 0.136 e. The minimum absolute atomic E-state index is 1.00. The van der Waals surface area contributed by atoms with Crippen molar-refractivity contribution < 1.29 is 0 Å². The van der Waals surface area contributed by atoms with E-state index >= 15 is 0 Å². The molecule has 0 saturated carbocycles. The molecule has 0 spiro atoms. The van der Waals surface area contributed by atoms with E-state index < -0.39 is 0 Å². The van der Waals surface area contributed by atoms with E-state index in [0.717, 1.165) is 11.2 Å². The lowest BCUT2D eigenvalue weighted by Crippen LogP contribution is -1.92. The molecule has 0 amide bonds. The van der Waals surface area contributed by atoms with Crippen molar-refractivity contribution in [2.45, 2.75) is 0 Å². The molecule has 0 atom stereocenters. The van der Waals surface area contributed by atoms with Crippen LogP contribution >= 0.6 is 0 Å². The standard InChI is InChI=1S/C14H11N3/c1-2-4-12(5-3-1)6-7-13-8-9-14-10-15-11-16-17(13)14/h1-11H. The minimum atomic E-state index is 1.00. The molecule has 0 saturated heterocycles. The van der Waals surface area contributed by atoms with Crippen LogP contribution in [0.5, 0.6) is 0 Å². The first-order valence-electron chi connectivity index (χ1n) is 5.44. The molecule has 1 aromatic carbocycles.